The van der Waals surface area contributed by atoms with Crippen molar-refractivity contribution >= 4 is 35.1 Å². The van der Waals surface area contributed by atoms with E-state index in [0.29, 0.717) is 34.1 Å². The van der Waals surface area contributed by atoms with E-state index in [2.05, 4.69) is 46.2 Å². The molecule has 1 aromatic heterocycles. The highest BCUT2D eigenvalue weighted by Gasteiger charge is 2.10. The Kier molecular flexibility index (Phi) is 8.94. The maximum atomic E-state index is 12.2. The fraction of sp³-hybridized carbons (Fsp3) is 0.320. The first kappa shape index (κ1) is 24.1. The quantitative estimate of drug-likeness (QED) is 0.230. The molecule has 1 heterocycles. The van der Waals surface area contributed by atoms with E-state index in [1.807, 2.05) is 49.5 Å². The summed E-state index contributed by atoms with van der Waals surface area (Å²) in [5.74, 6) is 2.01. The summed E-state index contributed by atoms with van der Waals surface area (Å²) in [6, 6.07) is 19.7. The van der Waals surface area contributed by atoms with Crippen molar-refractivity contribution in [2.24, 2.45) is 5.92 Å². The van der Waals surface area contributed by atoms with Crippen molar-refractivity contribution in [1.29, 1.82) is 0 Å². The molecular weight excluding hydrogens is 440 g/mol. The Morgan fingerprint density at radius 2 is 1.78 bits per heavy atom. The molecule has 32 heavy (non-hydrogen) atoms. The van der Waals surface area contributed by atoms with E-state index in [1.54, 1.807) is 6.07 Å². The summed E-state index contributed by atoms with van der Waals surface area (Å²) in [4.78, 5) is 23.3. The fourth-order valence-corrected chi connectivity index (χ4v) is 4.10. The van der Waals surface area contributed by atoms with Crippen LogP contribution >= 0.6 is 23.4 Å². The third-order valence-corrected chi connectivity index (χ3v) is 6.02. The summed E-state index contributed by atoms with van der Waals surface area (Å²) in [5.41, 5.74) is 2.97. The predicted molar refractivity (Wildman–Crippen MR) is 133 cm³/mol. The van der Waals surface area contributed by atoms with E-state index in [9.17, 15) is 4.79 Å². The Labute approximate surface area is 199 Å². The molecule has 0 unspecified atom stereocenters. The van der Waals surface area contributed by atoms with E-state index < -0.39 is 0 Å². The second kappa shape index (κ2) is 11.9. The zero-order valence-electron chi connectivity index (χ0n) is 18.7. The van der Waals surface area contributed by atoms with Crippen molar-refractivity contribution in [3.05, 3.63) is 82.5 Å². The van der Waals surface area contributed by atoms with Gasteiger partial charge in [-0.3, -0.25) is 4.79 Å². The van der Waals surface area contributed by atoms with Gasteiger partial charge in [-0.1, -0.05) is 79.7 Å². The summed E-state index contributed by atoms with van der Waals surface area (Å²) in [6.45, 7) is 5.72. The van der Waals surface area contributed by atoms with Crippen LogP contribution in [0.4, 0.5) is 5.82 Å². The molecule has 0 radical (unpaired) electrons. The lowest BCUT2D eigenvalue weighted by Gasteiger charge is -2.19. The first-order valence-corrected chi connectivity index (χ1v) is 12.1. The second-order valence-electron chi connectivity index (χ2n) is 8.10. The van der Waals surface area contributed by atoms with Gasteiger partial charge in [-0.15, -0.1) is 0 Å². The minimum atomic E-state index is -0.0332. The number of hydrogen-bond donors (Lipinski definition) is 1. The maximum Gasteiger partial charge on any atom is 0.251 e. The van der Waals surface area contributed by atoms with Crippen molar-refractivity contribution in [2.75, 3.05) is 18.5 Å². The SMILES string of the molecule is CC(C)CCNC(=O)c1ccc(CSc2nc(Cl)cc(N(C)Cc3ccccc3)n2)cc1. The lowest BCUT2D eigenvalue weighted by molar-refractivity contribution is 0.0952. The molecule has 3 rings (SSSR count). The molecule has 3 aromatic rings. The van der Waals surface area contributed by atoms with Gasteiger partial charge in [-0.25, -0.2) is 9.97 Å². The van der Waals surface area contributed by atoms with Crippen LogP contribution in [0.1, 0.15) is 41.8 Å². The number of hydrogen-bond acceptors (Lipinski definition) is 5. The van der Waals surface area contributed by atoms with E-state index >= 15 is 0 Å². The van der Waals surface area contributed by atoms with Gasteiger partial charge in [0, 0.05) is 37.5 Å². The van der Waals surface area contributed by atoms with Crippen LogP contribution in [0.5, 0.6) is 0 Å². The van der Waals surface area contributed by atoms with Crippen LogP contribution < -0.4 is 10.2 Å². The standard InChI is InChI=1S/C25H29ClN4OS/c1-18(2)13-14-27-24(31)21-11-9-20(10-12-21)17-32-25-28-22(26)15-23(29-25)30(3)16-19-7-5-4-6-8-19/h4-12,15,18H,13-14,16-17H2,1-3H3,(H,27,31). The number of rotatable bonds is 10. The van der Waals surface area contributed by atoms with Gasteiger partial charge < -0.3 is 10.2 Å². The first-order valence-electron chi connectivity index (χ1n) is 10.7. The van der Waals surface area contributed by atoms with Crippen LogP contribution in [-0.2, 0) is 12.3 Å². The molecule has 5 nitrogen and oxygen atoms in total. The molecule has 1 amide bonds. The van der Waals surface area contributed by atoms with Crippen LogP contribution in [0, 0.1) is 5.92 Å². The topological polar surface area (TPSA) is 58.1 Å². The molecule has 0 aliphatic heterocycles. The number of carbonyl (C=O) groups is 1. The predicted octanol–water partition coefficient (Wildman–Crippen LogP) is 5.83. The van der Waals surface area contributed by atoms with Gasteiger partial charge in [-0.2, -0.15) is 0 Å². The van der Waals surface area contributed by atoms with Crippen molar-refractivity contribution in [2.45, 2.75) is 37.7 Å². The van der Waals surface area contributed by atoms with Crippen LogP contribution in [0.15, 0.2) is 65.8 Å². The smallest absolute Gasteiger partial charge is 0.251 e. The number of aromatic nitrogens is 2. The van der Waals surface area contributed by atoms with Crippen molar-refractivity contribution in [3.63, 3.8) is 0 Å². The Bertz CT molecular complexity index is 1010. The molecule has 0 saturated carbocycles. The minimum Gasteiger partial charge on any atom is -0.355 e. The van der Waals surface area contributed by atoms with E-state index in [-0.39, 0.29) is 5.91 Å². The number of nitrogens with zero attached hydrogens (tertiary/aromatic N) is 3. The van der Waals surface area contributed by atoms with E-state index in [1.165, 1.54) is 17.3 Å². The van der Waals surface area contributed by atoms with Gasteiger partial charge in [-0.05, 0) is 35.6 Å². The first-order chi connectivity index (χ1) is 15.4. The van der Waals surface area contributed by atoms with Crippen LogP contribution in [0.2, 0.25) is 5.15 Å². The largest absolute Gasteiger partial charge is 0.355 e. The summed E-state index contributed by atoms with van der Waals surface area (Å²) >= 11 is 7.78. The van der Waals surface area contributed by atoms with Gasteiger partial charge in [0.15, 0.2) is 5.16 Å². The molecule has 0 aliphatic carbocycles. The number of benzene rings is 2. The number of anilines is 1. The highest BCUT2D eigenvalue weighted by Crippen LogP contribution is 2.25. The summed E-state index contributed by atoms with van der Waals surface area (Å²) in [6.07, 6.45) is 0.975. The molecule has 0 bridgehead atoms. The number of amides is 1. The monoisotopic (exact) mass is 468 g/mol. The van der Waals surface area contributed by atoms with Gasteiger partial charge in [0.25, 0.3) is 5.91 Å². The molecule has 7 heteroatoms. The molecule has 0 spiro atoms. The number of thioether (sulfide) groups is 1. The number of carbonyl (C=O) groups excluding carboxylic acids is 1. The van der Waals surface area contributed by atoms with Crippen LogP contribution in [0.3, 0.4) is 0 Å². The number of nitrogens with one attached hydrogen (secondary N) is 1. The molecule has 1 N–H and O–H groups in total. The zero-order valence-corrected chi connectivity index (χ0v) is 20.3. The maximum absolute atomic E-state index is 12.2. The molecule has 0 aliphatic rings. The van der Waals surface area contributed by atoms with Crippen molar-refractivity contribution in [3.8, 4) is 0 Å². The molecule has 0 fully saturated rings. The normalized spacial score (nSPS) is 10.9. The molecule has 168 valence electrons. The lowest BCUT2D eigenvalue weighted by atomic mass is 10.1. The highest BCUT2D eigenvalue weighted by atomic mass is 35.5. The van der Waals surface area contributed by atoms with Gasteiger partial charge in [0.1, 0.15) is 11.0 Å². The van der Waals surface area contributed by atoms with Crippen molar-refractivity contribution in [1.82, 2.24) is 15.3 Å². The molecular formula is C25H29ClN4OS. The average Bonchev–Trinajstić information content (AvgIpc) is 2.78. The Morgan fingerprint density at radius 1 is 1.06 bits per heavy atom. The average molecular weight is 469 g/mol. The van der Waals surface area contributed by atoms with Gasteiger partial charge in [0.05, 0.1) is 0 Å². The molecule has 0 saturated heterocycles. The van der Waals surface area contributed by atoms with E-state index in [0.717, 1.165) is 24.3 Å². The zero-order chi connectivity index (χ0) is 22.9. The molecule has 0 atom stereocenters. The number of halogens is 1. The Balaban J connectivity index is 1.57. The summed E-state index contributed by atoms with van der Waals surface area (Å²) < 4.78 is 0. The van der Waals surface area contributed by atoms with Crippen LogP contribution in [0.25, 0.3) is 0 Å². The minimum absolute atomic E-state index is 0.0332. The molecule has 2 aromatic carbocycles. The summed E-state index contributed by atoms with van der Waals surface area (Å²) in [5, 5.41) is 4.01. The van der Waals surface area contributed by atoms with Crippen molar-refractivity contribution < 1.29 is 4.79 Å². The Hall–Kier alpha value is -2.57. The van der Waals surface area contributed by atoms with Crippen LogP contribution in [-0.4, -0.2) is 29.5 Å². The summed E-state index contributed by atoms with van der Waals surface area (Å²) in [7, 11) is 1.99. The van der Waals surface area contributed by atoms with Gasteiger partial charge in [0.2, 0.25) is 0 Å². The van der Waals surface area contributed by atoms with Gasteiger partial charge >= 0.3 is 0 Å². The highest BCUT2D eigenvalue weighted by molar-refractivity contribution is 7.98. The fourth-order valence-electron chi connectivity index (χ4n) is 3.06. The third kappa shape index (κ3) is 7.53. The third-order valence-electron chi connectivity index (χ3n) is 4.91. The second-order valence-corrected chi connectivity index (χ2v) is 9.43. The lowest BCUT2D eigenvalue weighted by Crippen LogP contribution is -2.25. The van der Waals surface area contributed by atoms with E-state index in [4.69, 9.17) is 11.6 Å². The Morgan fingerprint density at radius 3 is 2.47 bits per heavy atom.